The number of rotatable bonds is 3. The maximum atomic E-state index is 8.63. The van der Waals surface area contributed by atoms with Crippen LogP contribution in [0.15, 0.2) is 84.5 Å². The van der Waals surface area contributed by atoms with Crippen LogP contribution in [0.2, 0.25) is 0 Å². The number of nitrogens with zero attached hydrogens (tertiary/aromatic N) is 2. The summed E-state index contributed by atoms with van der Waals surface area (Å²) in [5, 5.41) is 0. The molecule has 2 aromatic carbocycles. The highest BCUT2D eigenvalue weighted by Crippen LogP contribution is 2.30. The highest BCUT2D eigenvalue weighted by Gasteiger charge is 2.13. The van der Waals surface area contributed by atoms with Crippen molar-refractivity contribution in [2.45, 2.75) is 0 Å². The summed E-state index contributed by atoms with van der Waals surface area (Å²) in [6.45, 7) is 0. The summed E-state index contributed by atoms with van der Waals surface area (Å²) in [6, 6.07) is 19.4. The van der Waals surface area contributed by atoms with Gasteiger partial charge in [-0.3, -0.25) is 4.55 Å². The molecule has 158 valence electrons. The SMILES string of the molecule is CN(C)c1ccc(C(=C2C=CC(=[N+](C)C)C=C2)c2ccccc2)cc1.O=S(=O)([O-])O. The second-order valence-corrected chi connectivity index (χ2v) is 7.91. The predicted molar refractivity (Wildman–Crippen MR) is 121 cm³/mol. The van der Waals surface area contributed by atoms with Crippen LogP contribution in [-0.2, 0) is 10.4 Å². The topological polar surface area (TPSA) is 83.7 Å². The largest absolute Gasteiger partial charge is 0.726 e. The van der Waals surface area contributed by atoms with Crippen LogP contribution in [-0.4, -0.2) is 56.0 Å². The molecule has 0 bridgehead atoms. The van der Waals surface area contributed by atoms with Crippen molar-refractivity contribution >= 4 is 27.4 Å². The van der Waals surface area contributed by atoms with Crippen LogP contribution in [0.25, 0.3) is 5.57 Å². The van der Waals surface area contributed by atoms with E-state index >= 15 is 0 Å². The molecule has 0 radical (unpaired) electrons. The standard InChI is InChI=1S/C23H25N2.H2O4S/c1-24(2)21-14-10-19(11-15-21)23(18-8-6-5-7-9-18)20-12-16-22(17-13-20)25(3)4;1-5(2,3)4/h5-17H,1-4H3;(H2,1,2,3,4)/q+1;/p-1. The van der Waals surface area contributed by atoms with E-state index < -0.39 is 10.4 Å². The van der Waals surface area contributed by atoms with Gasteiger partial charge in [-0.1, -0.05) is 42.5 Å². The van der Waals surface area contributed by atoms with Gasteiger partial charge in [-0.2, -0.15) is 0 Å². The lowest BCUT2D eigenvalue weighted by Crippen LogP contribution is -2.10. The van der Waals surface area contributed by atoms with Gasteiger partial charge in [-0.05, 0) is 46.6 Å². The number of hydrogen-bond donors (Lipinski definition) is 1. The van der Waals surface area contributed by atoms with Crippen LogP contribution in [0.3, 0.4) is 0 Å². The fourth-order valence-electron chi connectivity index (χ4n) is 2.96. The summed E-state index contributed by atoms with van der Waals surface area (Å²) in [5.74, 6) is 0. The smallest absolute Gasteiger partial charge is 0.215 e. The van der Waals surface area contributed by atoms with Crippen molar-refractivity contribution in [1.82, 2.24) is 0 Å². The van der Waals surface area contributed by atoms with Gasteiger partial charge in [-0.25, -0.2) is 13.0 Å². The third kappa shape index (κ3) is 7.11. The van der Waals surface area contributed by atoms with Crippen LogP contribution in [0.4, 0.5) is 5.69 Å². The van der Waals surface area contributed by atoms with Crippen molar-refractivity contribution < 1.29 is 22.1 Å². The van der Waals surface area contributed by atoms with Crippen molar-refractivity contribution in [3.8, 4) is 0 Å². The Hall–Kier alpha value is -3.00. The Kier molecular flexibility index (Phi) is 7.88. The van der Waals surface area contributed by atoms with E-state index in [1.165, 1.54) is 33.7 Å². The summed E-state index contributed by atoms with van der Waals surface area (Å²) < 4.78 is 35.0. The van der Waals surface area contributed by atoms with Gasteiger partial charge < -0.3 is 9.45 Å². The van der Waals surface area contributed by atoms with Crippen molar-refractivity contribution in [1.29, 1.82) is 0 Å². The molecule has 3 rings (SSSR count). The molecule has 0 heterocycles. The van der Waals surface area contributed by atoms with Crippen LogP contribution in [0, 0.1) is 0 Å². The van der Waals surface area contributed by atoms with E-state index in [-0.39, 0.29) is 0 Å². The second-order valence-electron chi connectivity index (χ2n) is 7.05. The fraction of sp³-hybridized carbons (Fsp3) is 0.174. The molecular weight excluding hydrogens is 400 g/mol. The molecule has 0 fully saturated rings. The third-order valence-electron chi connectivity index (χ3n) is 4.41. The fourth-order valence-corrected chi connectivity index (χ4v) is 2.96. The lowest BCUT2D eigenvalue weighted by Gasteiger charge is -2.16. The van der Waals surface area contributed by atoms with Crippen molar-refractivity contribution in [2.24, 2.45) is 0 Å². The van der Waals surface area contributed by atoms with Crippen LogP contribution < -0.4 is 4.90 Å². The Morgan fingerprint density at radius 3 is 1.77 bits per heavy atom. The van der Waals surface area contributed by atoms with Crippen molar-refractivity contribution in [3.05, 3.63) is 95.6 Å². The van der Waals surface area contributed by atoms with E-state index in [2.05, 4.69) is 117 Å². The molecule has 30 heavy (non-hydrogen) atoms. The van der Waals surface area contributed by atoms with Gasteiger partial charge in [0, 0.05) is 31.9 Å². The summed E-state index contributed by atoms with van der Waals surface area (Å²) in [7, 11) is 3.35. The molecule has 1 N–H and O–H groups in total. The molecule has 2 aromatic rings. The second kappa shape index (κ2) is 10.2. The minimum Gasteiger partial charge on any atom is -0.726 e. The molecule has 0 saturated heterocycles. The first-order valence-electron chi connectivity index (χ1n) is 9.22. The lowest BCUT2D eigenvalue weighted by molar-refractivity contribution is -0.462. The van der Waals surface area contributed by atoms with Crippen LogP contribution >= 0.6 is 0 Å². The number of anilines is 1. The molecule has 0 spiro atoms. The maximum Gasteiger partial charge on any atom is 0.215 e. The Balaban J connectivity index is 0.000000575. The highest BCUT2D eigenvalue weighted by molar-refractivity contribution is 7.79. The quantitative estimate of drug-likeness (QED) is 0.462. The molecule has 0 aromatic heterocycles. The number of allylic oxidation sites excluding steroid dienone is 5. The van der Waals surface area contributed by atoms with E-state index in [4.69, 9.17) is 17.5 Å². The average Bonchev–Trinajstić information content (AvgIpc) is 2.68. The molecule has 6 nitrogen and oxygen atoms in total. The van der Waals surface area contributed by atoms with Gasteiger partial charge in [-0.15, -0.1) is 0 Å². The van der Waals surface area contributed by atoms with Gasteiger partial charge in [0.15, 0.2) is 5.71 Å². The molecule has 0 amide bonds. The van der Waals surface area contributed by atoms with Crippen molar-refractivity contribution in [2.75, 3.05) is 33.1 Å². The lowest BCUT2D eigenvalue weighted by atomic mass is 9.90. The van der Waals surface area contributed by atoms with E-state index in [0.717, 1.165) is 0 Å². The maximum absolute atomic E-state index is 8.63. The van der Waals surface area contributed by atoms with E-state index in [1.54, 1.807) is 0 Å². The van der Waals surface area contributed by atoms with Gasteiger partial charge in [0.25, 0.3) is 0 Å². The monoisotopic (exact) mass is 426 g/mol. The molecule has 0 aliphatic heterocycles. The summed E-state index contributed by atoms with van der Waals surface area (Å²) in [6.07, 6.45) is 8.76. The van der Waals surface area contributed by atoms with Crippen LogP contribution in [0.1, 0.15) is 11.1 Å². The van der Waals surface area contributed by atoms with E-state index in [1.807, 2.05) is 0 Å². The van der Waals surface area contributed by atoms with E-state index in [0.29, 0.717) is 0 Å². The zero-order chi connectivity index (χ0) is 22.3. The third-order valence-corrected chi connectivity index (χ3v) is 4.41. The molecular formula is C23H26N2O4S. The van der Waals surface area contributed by atoms with Crippen LogP contribution in [0.5, 0.6) is 0 Å². The van der Waals surface area contributed by atoms with Crippen molar-refractivity contribution in [3.63, 3.8) is 0 Å². The first-order valence-corrected chi connectivity index (χ1v) is 10.6. The van der Waals surface area contributed by atoms with Gasteiger partial charge in [0.2, 0.25) is 10.4 Å². The van der Waals surface area contributed by atoms with E-state index in [9.17, 15) is 0 Å². The summed E-state index contributed by atoms with van der Waals surface area (Å²) in [4.78, 5) is 2.12. The molecule has 0 unspecified atom stereocenters. The minimum absolute atomic E-state index is 1.21. The zero-order valence-corrected chi connectivity index (χ0v) is 18.3. The average molecular weight is 427 g/mol. The Bertz CT molecular complexity index is 1070. The minimum atomic E-state index is -4.92. The number of hydrogen-bond acceptors (Lipinski definition) is 4. The molecule has 0 saturated carbocycles. The molecule has 1 aliphatic carbocycles. The number of benzene rings is 2. The van der Waals surface area contributed by atoms with Gasteiger partial charge >= 0.3 is 0 Å². The summed E-state index contributed by atoms with van der Waals surface area (Å²) in [5.41, 5.74) is 7.37. The van der Waals surface area contributed by atoms with Gasteiger partial charge in [0.1, 0.15) is 14.1 Å². The first-order chi connectivity index (χ1) is 14.1. The highest BCUT2D eigenvalue weighted by atomic mass is 32.3. The molecule has 7 heteroatoms. The zero-order valence-electron chi connectivity index (χ0n) is 17.5. The predicted octanol–water partition coefficient (Wildman–Crippen LogP) is 3.40. The van der Waals surface area contributed by atoms with Gasteiger partial charge in [0.05, 0.1) is 0 Å². The molecule has 0 atom stereocenters. The Labute approximate surface area is 178 Å². The Morgan fingerprint density at radius 2 is 1.33 bits per heavy atom. The normalized spacial score (nSPS) is 12.9. The first kappa shape index (κ1) is 23.3. The summed E-state index contributed by atoms with van der Waals surface area (Å²) >= 11 is 0. The molecule has 1 aliphatic rings. The Morgan fingerprint density at radius 1 is 0.867 bits per heavy atom.